The van der Waals surface area contributed by atoms with Crippen LogP contribution in [0.4, 0.5) is 0 Å². The third kappa shape index (κ3) is 4.48. The van der Waals surface area contributed by atoms with Crippen molar-refractivity contribution in [1.82, 2.24) is 4.90 Å². The van der Waals surface area contributed by atoms with Crippen LogP contribution in [0.3, 0.4) is 0 Å². The van der Waals surface area contributed by atoms with Crippen molar-refractivity contribution >= 4 is 11.9 Å². The minimum Gasteiger partial charge on any atom is -0.496 e. The molecule has 0 aliphatic heterocycles. The molecule has 0 aliphatic carbocycles. The summed E-state index contributed by atoms with van der Waals surface area (Å²) in [4.78, 5) is 25.0. The summed E-state index contributed by atoms with van der Waals surface area (Å²) in [6.07, 6.45) is 0.529. The van der Waals surface area contributed by atoms with Gasteiger partial charge in [0.05, 0.1) is 13.0 Å². The van der Waals surface area contributed by atoms with E-state index in [0.717, 1.165) is 11.3 Å². The summed E-state index contributed by atoms with van der Waals surface area (Å²) >= 11 is 0. The van der Waals surface area contributed by atoms with Crippen molar-refractivity contribution in [2.75, 3.05) is 20.7 Å². The van der Waals surface area contributed by atoms with Crippen molar-refractivity contribution in [2.24, 2.45) is 11.3 Å². The van der Waals surface area contributed by atoms with Crippen LogP contribution in [0, 0.1) is 11.3 Å². The van der Waals surface area contributed by atoms with Crippen molar-refractivity contribution in [2.45, 2.75) is 27.2 Å². The topological polar surface area (TPSA) is 66.8 Å². The summed E-state index contributed by atoms with van der Waals surface area (Å²) < 4.78 is 5.32. The molecule has 1 N–H and O–H groups in total. The maximum absolute atomic E-state index is 12.6. The van der Waals surface area contributed by atoms with Gasteiger partial charge in [-0.05, 0) is 18.1 Å². The highest BCUT2D eigenvalue weighted by Gasteiger charge is 2.32. The second-order valence-corrected chi connectivity index (χ2v) is 6.30. The van der Waals surface area contributed by atoms with E-state index >= 15 is 0 Å². The predicted molar refractivity (Wildman–Crippen MR) is 84.9 cm³/mol. The number of hydrogen-bond acceptors (Lipinski definition) is 3. The van der Waals surface area contributed by atoms with Gasteiger partial charge in [0.1, 0.15) is 5.75 Å². The Morgan fingerprint density at radius 2 is 1.91 bits per heavy atom. The molecule has 0 saturated heterocycles. The van der Waals surface area contributed by atoms with E-state index in [1.54, 1.807) is 21.1 Å². The van der Waals surface area contributed by atoms with Gasteiger partial charge in [0.2, 0.25) is 5.91 Å². The molecular weight excluding hydrogens is 282 g/mol. The monoisotopic (exact) mass is 307 g/mol. The second-order valence-electron chi connectivity index (χ2n) is 6.30. The smallest absolute Gasteiger partial charge is 0.308 e. The van der Waals surface area contributed by atoms with E-state index in [1.807, 2.05) is 38.1 Å². The number of nitrogens with zero attached hydrogens (tertiary/aromatic N) is 1. The van der Waals surface area contributed by atoms with Crippen LogP contribution in [0.5, 0.6) is 5.75 Å². The molecule has 1 unspecified atom stereocenters. The first-order valence-electron chi connectivity index (χ1n) is 7.29. The zero-order valence-electron chi connectivity index (χ0n) is 13.9. The van der Waals surface area contributed by atoms with Gasteiger partial charge in [0.25, 0.3) is 0 Å². The molecule has 5 heteroatoms. The van der Waals surface area contributed by atoms with E-state index < -0.39 is 17.3 Å². The molecule has 0 bridgehead atoms. The van der Waals surface area contributed by atoms with E-state index in [4.69, 9.17) is 9.84 Å². The lowest BCUT2D eigenvalue weighted by Crippen LogP contribution is -2.42. The number of hydrogen-bond donors (Lipinski definition) is 1. The molecule has 1 rings (SSSR count). The van der Waals surface area contributed by atoms with E-state index in [-0.39, 0.29) is 12.5 Å². The van der Waals surface area contributed by atoms with Gasteiger partial charge in [-0.1, -0.05) is 39.0 Å². The highest BCUT2D eigenvalue weighted by Crippen LogP contribution is 2.29. The lowest BCUT2D eigenvalue weighted by Gasteiger charge is -2.30. The Labute approximate surface area is 131 Å². The number of ether oxygens (including phenoxy) is 1. The highest BCUT2D eigenvalue weighted by molar-refractivity contribution is 5.82. The largest absolute Gasteiger partial charge is 0.496 e. The standard InChI is InChI=1S/C17H25NO4/c1-12(15(19)20)11-18(4)16(21)17(2,3)10-13-8-6-7-9-14(13)22-5/h6-9,12H,10-11H2,1-5H3,(H,19,20). The Balaban J connectivity index is 2.84. The summed E-state index contributed by atoms with van der Waals surface area (Å²) in [5.74, 6) is -0.811. The van der Waals surface area contributed by atoms with Crippen molar-refractivity contribution in [1.29, 1.82) is 0 Å². The molecule has 122 valence electrons. The van der Waals surface area contributed by atoms with E-state index in [9.17, 15) is 9.59 Å². The first-order chi connectivity index (χ1) is 10.2. The number of rotatable bonds is 7. The molecule has 0 saturated carbocycles. The molecular formula is C17H25NO4. The minimum atomic E-state index is -0.901. The van der Waals surface area contributed by atoms with E-state index in [1.165, 1.54) is 4.90 Å². The second kappa shape index (κ2) is 7.29. The van der Waals surface area contributed by atoms with Gasteiger partial charge in [0, 0.05) is 19.0 Å². The van der Waals surface area contributed by atoms with Crippen molar-refractivity contribution in [3.05, 3.63) is 29.8 Å². The van der Waals surface area contributed by atoms with Crippen LogP contribution in [0.15, 0.2) is 24.3 Å². The van der Waals surface area contributed by atoms with Crippen molar-refractivity contribution in [3.8, 4) is 5.75 Å². The average Bonchev–Trinajstić information content (AvgIpc) is 2.46. The number of carbonyl (C=O) groups excluding carboxylic acids is 1. The lowest BCUT2D eigenvalue weighted by molar-refractivity contribution is -0.144. The molecule has 1 aromatic rings. The lowest BCUT2D eigenvalue weighted by atomic mass is 9.84. The maximum Gasteiger partial charge on any atom is 0.308 e. The normalized spacial score (nSPS) is 12.6. The summed E-state index contributed by atoms with van der Waals surface area (Å²) in [5, 5.41) is 8.96. The van der Waals surface area contributed by atoms with Gasteiger partial charge in [-0.3, -0.25) is 9.59 Å². The number of carbonyl (C=O) groups is 2. The Morgan fingerprint density at radius 3 is 2.45 bits per heavy atom. The third-order valence-corrected chi connectivity index (χ3v) is 3.72. The molecule has 1 aromatic carbocycles. The van der Waals surface area contributed by atoms with Gasteiger partial charge < -0.3 is 14.7 Å². The van der Waals surface area contributed by atoms with Crippen LogP contribution >= 0.6 is 0 Å². The average molecular weight is 307 g/mol. The summed E-state index contributed by atoms with van der Waals surface area (Å²) in [5.41, 5.74) is 0.324. The van der Waals surface area contributed by atoms with Crippen LogP contribution in [-0.2, 0) is 16.0 Å². The van der Waals surface area contributed by atoms with Crippen molar-refractivity contribution in [3.63, 3.8) is 0 Å². The quantitative estimate of drug-likeness (QED) is 0.840. The van der Waals surface area contributed by atoms with Crippen molar-refractivity contribution < 1.29 is 19.4 Å². The summed E-state index contributed by atoms with van der Waals surface area (Å²) in [7, 11) is 3.25. The first kappa shape index (κ1) is 18.0. The zero-order chi connectivity index (χ0) is 16.9. The Kier molecular flexibility index (Phi) is 5.97. The number of carboxylic acid groups (broad SMARTS) is 1. The molecule has 5 nitrogen and oxygen atoms in total. The SMILES string of the molecule is COc1ccccc1CC(C)(C)C(=O)N(C)CC(C)C(=O)O. The van der Waals surface area contributed by atoms with Crippen LogP contribution in [0.2, 0.25) is 0 Å². The molecule has 22 heavy (non-hydrogen) atoms. The molecule has 1 atom stereocenters. The molecule has 0 aromatic heterocycles. The number of aliphatic carboxylic acids is 1. The molecule has 0 spiro atoms. The number of amides is 1. The third-order valence-electron chi connectivity index (χ3n) is 3.72. The number of benzene rings is 1. The predicted octanol–water partition coefficient (Wildman–Crippen LogP) is 2.44. The maximum atomic E-state index is 12.6. The molecule has 0 radical (unpaired) electrons. The van der Waals surface area contributed by atoms with Crippen LogP contribution in [-0.4, -0.2) is 42.6 Å². The molecule has 0 aliphatic rings. The van der Waals surface area contributed by atoms with Gasteiger partial charge >= 0.3 is 5.97 Å². The molecule has 0 fully saturated rings. The number of methoxy groups -OCH3 is 1. The van der Waals surface area contributed by atoms with Gasteiger partial charge in [-0.2, -0.15) is 0 Å². The zero-order valence-corrected chi connectivity index (χ0v) is 13.9. The summed E-state index contributed by atoms with van der Waals surface area (Å²) in [6, 6.07) is 7.60. The Morgan fingerprint density at radius 1 is 1.32 bits per heavy atom. The highest BCUT2D eigenvalue weighted by atomic mass is 16.5. The van der Waals surface area contributed by atoms with Gasteiger partial charge in [0.15, 0.2) is 0 Å². The van der Waals surface area contributed by atoms with Crippen LogP contribution in [0.1, 0.15) is 26.3 Å². The Hall–Kier alpha value is -2.04. The van der Waals surface area contributed by atoms with Crippen LogP contribution in [0.25, 0.3) is 0 Å². The summed E-state index contributed by atoms with van der Waals surface area (Å²) in [6.45, 7) is 5.52. The van der Waals surface area contributed by atoms with E-state index in [2.05, 4.69) is 0 Å². The number of para-hydroxylation sites is 1. The Bertz CT molecular complexity index is 539. The van der Waals surface area contributed by atoms with E-state index in [0.29, 0.717) is 6.42 Å². The molecule has 1 amide bonds. The first-order valence-corrected chi connectivity index (χ1v) is 7.29. The van der Waals surface area contributed by atoms with Crippen LogP contribution < -0.4 is 4.74 Å². The fourth-order valence-corrected chi connectivity index (χ4v) is 2.49. The fraction of sp³-hybridized carbons (Fsp3) is 0.529. The fourth-order valence-electron chi connectivity index (χ4n) is 2.49. The van der Waals surface area contributed by atoms with Gasteiger partial charge in [-0.25, -0.2) is 0 Å². The minimum absolute atomic E-state index is 0.0773. The number of carboxylic acids is 1. The molecule has 0 heterocycles. The van der Waals surface area contributed by atoms with Gasteiger partial charge in [-0.15, -0.1) is 0 Å².